The third-order valence-corrected chi connectivity index (χ3v) is 4.39. The van der Waals surface area contributed by atoms with E-state index in [1.165, 1.54) is 31.2 Å². The number of hydrogen-bond acceptors (Lipinski definition) is 2. The van der Waals surface area contributed by atoms with Crippen LogP contribution < -0.4 is 10.6 Å². The summed E-state index contributed by atoms with van der Waals surface area (Å²) in [4.78, 5) is 23.5. The van der Waals surface area contributed by atoms with Gasteiger partial charge < -0.3 is 15.2 Å². The largest absolute Gasteiger partial charge is 0.348 e. The number of anilines is 1. The number of carbonyl (C=O) groups excluding carboxylic acids is 2. The molecule has 126 valence electrons. The van der Waals surface area contributed by atoms with Crippen LogP contribution in [0, 0.1) is 13.8 Å². The van der Waals surface area contributed by atoms with Crippen molar-refractivity contribution in [3.63, 3.8) is 0 Å². The summed E-state index contributed by atoms with van der Waals surface area (Å²) >= 11 is 0. The minimum absolute atomic E-state index is 0.140. The van der Waals surface area contributed by atoms with Gasteiger partial charge >= 0.3 is 0 Å². The molecule has 1 aliphatic carbocycles. The van der Waals surface area contributed by atoms with Crippen LogP contribution in [-0.2, 0) is 11.3 Å². The number of rotatable bonds is 5. The minimum Gasteiger partial charge on any atom is -0.348 e. The topological polar surface area (TPSA) is 63.1 Å². The Morgan fingerprint density at radius 1 is 1.21 bits per heavy atom. The molecule has 0 bridgehead atoms. The van der Waals surface area contributed by atoms with Crippen LogP contribution in [0.3, 0.4) is 0 Å². The first-order valence-corrected chi connectivity index (χ1v) is 8.29. The number of aromatic nitrogens is 1. The van der Waals surface area contributed by atoms with E-state index in [1.807, 2.05) is 0 Å². The Kier molecular flexibility index (Phi) is 4.42. The first-order valence-electron chi connectivity index (χ1n) is 8.29. The summed E-state index contributed by atoms with van der Waals surface area (Å²) < 4.78 is 2.37. The van der Waals surface area contributed by atoms with E-state index in [-0.39, 0.29) is 11.8 Å². The number of aryl methyl sites for hydroxylation is 1. The fourth-order valence-corrected chi connectivity index (χ4v) is 3.14. The standard InChI is InChI=1S/C19H23N3O2/c1-12-9-16(13(2)22(12)18-7-8-18)11-20-19(24)15-5-4-6-17(10-15)21-14(3)23/h4-6,9-10,18H,7-8,11H2,1-3H3,(H,20,24)(H,21,23). The van der Waals surface area contributed by atoms with Crippen LogP contribution in [0.25, 0.3) is 0 Å². The highest BCUT2D eigenvalue weighted by Gasteiger charge is 2.26. The third kappa shape index (κ3) is 3.50. The lowest BCUT2D eigenvalue weighted by atomic mass is 10.1. The molecule has 0 spiro atoms. The van der Waals surface area contributed by atoms with Gasteiger partial charge in [-0.05, 0) is 56.5 Å². The van der Waals surface area contributed by atoms with Crippen molar-refractivity contribution in [2.24, 2.45) is 0 Å². The molecule has 0 radical (unpaired) electrons. The molecule has 5 heteroatoms. The van der Waals surface area contributed by atoms with E-state index in [0.717, 1.165) is 5.56 Å². The van der Waals surface area contributed by atoms with Gasteiger partial charge in [-0.2, -0.15) is 0 Å². The van der Waals surface area contributed by atoms with Crippen LogP contribution in [0.5, 0.6) is 0 Å². The summed E-state index contributed by atoms with van der Waals surface area (Å²) in [7, 11) is 0. The van der Waals surface area contributed by atoms with Gasteiger partial charge in [0.15, 0.2) is 0 Å². The summed E-state index contributed by atoms with van der Waals surface area (Å²) in [6, 6.07) is 9.75. The molecule has 2 N–H and O–H groups in total. The Hall–Kier alpha value is -2.56. The number of amides is 2. The van der Waals surface area contributed by atoms with Gasteiger partial charge in [0, 0.05) is 42.1 Å². The van der Waals surface area contributed by atoms with Crippen molar-refractivity contribution in [3.05, 3.63) is 52.8 Å². The van der Waals surface area contributed by atoms with E-state index >= 15 is 0 Å². The lowest BCUT2D eigenvalue weighted by Gasteiger charge is -2.09. The maximum absolute atomic E-state index is 12.4. The minimum atomic E-state index is -0.153. The van der Waals surface area contributed by atoms with Crippen LogP contribution in [0.2, 0.25) is 0 Å². The van der Waals surface area contributed by atoms with E-state index in [2.05, 4.69) is 35.1 Å². The van der Waals surface area contributed by atoms with Gasteiger partial charge in [0.1, 0.15) is 0 Å². The fourth-order valence-electron chi connectivity index (χ4n) is 3.14. The molecule has 1 heterocycles. The maximum Gasteiger partial charge on any atom is 0.251 e. The molecule has 0 aliphatic heterocycles. The van der Waals surface area contributed by atoms with Crippen LogP contribution in [-0.4, -0.2) is 16.4 Å². The molecular formula is C19H23N3O2. The average Bonchev–Trinajstić information content (AvgIpc) is 3.31. The lowest BCUT2D eigenvalue weighted by molar-refractivity contribution is -0.114. The van der Waals surface area contributed by atoms with Crippen LogP contribution in [0.4, 0.5) is 5.69 Å². The molecule has 1 aromatic carbocycles. The van der Waals surface area contributed by atoms with Gasteiger partial charge in [0.25, 0.3) is 5.91 Å². The Bertz CT molecular complexity index is 788. The SMILES string of the molecule is CC(=O)Nc1cccc(C(=O)NCc2cc(C)n(C3CC3)c2C)c1. The first kappa shape index (κ1) is 16.3. The second-order valence-electron chi connectivity index (χ2n) is 6.44. The molecule has 5 nitrogen and oxygen atoms in total. The fraction of sp³-hybridized carbons (Fsp3) is 0.368. The van der Waals surface area contributed by atoms with Crippen LogP contribution in [0.1, 0.15) is 53.1 Å². The second-order valence-corrected chi connectivity index (χ2v) is 6.44. The van der Waals surface area contributed by atoms with Gasteiger partial charge in [0.2, 0.25) is 5.91 Å². The van der Waals surface area contributed by atoms with Crippen molar-refractivity contribution in [1.29, 1.82) is 0 Å². The Morgan fingerprint density at radius 3 is 2.62 bits per heavy atom. The zero-order valence-electron chi connectivity index (χ0n) is 14.3. The summed E-state index contributed by atoms with van der Waals surface area (Å²) in [5.74, 6) is -0.293. The van der Waals surface area contributed by atoms with E-state index in [1.54, 1.807) is 24.3 Å². The van der Waals surface area contributed by atoms with Crippen molar-refractivity contribution in [1.82, 2.24) is 9.88 Å². The molecule has 0 atom stereocenters. The predicted octanol–water partition coefficient (Wildman–Crippen LogP) is 3.33. The van der Waals surface area contributed by atoms with Crippen molar-refractivity contribution >= 4 is 17.5 Å². The molecule has 3 rings (SSSR count). The zero-order valence-corrected chi connectivity index (χ0v) is 14.3. The highest BCUT2D eigenvalue weighted by atomic mass is 16.2. The smallest absolute Gasteiger partial charge is 0.251 e. The first-order chi connectivity index (χ1) is 11.5. The Labute approximate surface area is 142 Å². The van der Waals surface area contributed by atoms with Gasteiger partial charge in [-0.1, -0.05) is 6.07 Å². The van der Waals surface area contributed by atoms with Crippen LogP contribution >= 0.6 is 0 Å². The lowest BCUT2D eigenvalue weighted by Crippen LogP contribution is -2.23. The van der Waals surface area contributed by atoms with Crippen molar-refractivity contribution < 1.29 is 9.59 Å². The van der Waals surface area contributed by atoms with E-state index in [9.17, 15) is 9.59 Å². The van der Waals surface area contributed by atoms with E-state index in [4.69, 9.17) is 0 Å². The molecule has 0 unspecified atom stereocenters. The molecule has 2 amide bonds. The highest BCUT2D eigenvalue weighted by Crippen LogP contribution is 2.38. The molecule has 1 fully saturated rings. The van der Waals surface area contributed by atoms with Crippen molar-refractivity contribution in [3.8, 4) is 0 Å². The number of nitrogens with one attached hydrogen (secondary N) is 2. The summed E-state index contributed by atoms with van der Waals surface area (Å²) in [5, 5.41) is 5.66. The molecule has 2 aromatic rings. The monoisotopic (exact) mass is 325 g/mol. The normalized spacial score (nSPS) is 13.6. The molecule has 1 saturated carbocycles. The predicted molar refractivity (Wildman–Crippen MR) is 94.1 cm³/mol. The quantitative estimate of drug-likeness (QED) is 0.886. The number of carbonyl (C=O) groups is 2. The Balaban J connectivity index is 1.67. The number of hydrogen-bond donors (Lipinski definition) is 2. The third-order valence-electron chi connectivity index (χ3n) is 4.39. The van der Waals surface area contributed by atoms with Gasteiger partial charge in [-0.15, -0.1) is 0 Å². The number of benzene rings is 1. The molecule has 1 aromatic heterocycles. The average molecular weight is 325 g/mol. The van der Waals surface area contributed by atoms with Gasteiger partial charge in [-0.25, -0.2) is 0 Å². The number of nitrogens with zero attached hydrogens (tertiary/aromatic N) is 1. The van der Waals surface area contributed by atoms with Crippen LogP contribution in [0.15, 0.2) is 30.3 Å². The van der Waals surface area contributed by atoms with Crippen molar-refractivity contribution in [2.75, 3.05) is 5.32 Å². The van der Waals surface area contributed by atoms with E-state index in [0.29, 0.717) is 23.8 Å². The maximum atomic E-state index is 12.4. The van der Waals surface area contributed by atoms with Crippen molar-refractivity contribution in [2.45, 2.75) is 46.2 Å². The molecule has 0 saturated heterocycles. The second kappa shape index (κ2) is 6.51. The molecule has 1 aliphatic rings. The van der Waals surface area contributed by atoms with E-state index < -0.39 is 0 Å². The molecular weight excluding hydrogens is 302 g/mol. The summed E-state index contributed by atoms with van der Waals surface area (Å²) in [6.45, 7) is 6.19. The van der Waals surface area contributed by atoms with Gasteiger partial charge in [-0.3, -0.25) is 9.59 Å². The highest BCUT2D eigenvalue weighted by molar-refractivity contribution is 5.96. The summed E-state index contributed by atoms with van der Waals surface area (Å²) in [5.41, 5.74) is 4.82. The van der Waals surface area contributed by atoms with Gasteiger partial charge in [0.05, 0.1) is 0 Å². The zero-order chi connectivity index (χ0) is 17.3. The summed E-state index contributed by atoms with van der Waals surface area (Å²) in [6.07, 6.45) is 2.50. The Morgan fingerprint density at radius 2 is 1.96 bits per heavy atom. The molecule has 24 heavy (non-hydrogen) atoms.